The number of methoxy groups -OCH3 is 1. The van der Waals surface area contributed by atoms with E-state index in [0.717, 1.165) is 10.9 Å². The Morgan fingerprint density at radius 1 is 1.19 bits per heavy atom. The molecule has 0 radical (unpaired) electrons. The molecule has 0 bridgehead atoms. The molecule has 2 aromatic carbocycles. The van der Waals surface area contributed by atoms with Crippen LogP contribution in [-0.4, -0.2) is 12.9 Å². The molecule has 0 saturated heterocycles. The number of hydrogen-bond acceptors (Lipinski definition) is 2. The molecular formula is C18H19BrO2. The highest BCUT2D eigenvalue weighted by Gasteiger charge is 2.15. The van der Waals surface area contributed by atoms with Crippen LogP contribution >= 0.6 is 15.9 Å². The van der Waals surface area contributed by atoms with Crippen molar-refractivity contribution < 1.29 is 9.53 Å². The summed E-state index contributed by atoms with van der Waals surface area (Å²) in [5, 5.41) is 0. The molecule has 0 saturated carbocycles. The summed E-state index contributed by atoms with van der Waals surface area (Å²) in [4.78, 5) is 12.7. The van der Waals surface area contributed by atoms with E-state index in [-0.39, 0.29) is 5.78 Å². The number of rotatable bonds is 5. The van der Waals surface area contributed by atoms with Crippen molar-refractivity contribution in [1.82, 2.24) is 0 Å². The molecule has 0 aliphatic rings. The smallest absolute Gasteiger partial charge is 0.196 e. The first-order chi connectivity index (χ1) is 10.0. The van der Waals surface area contributed by atoms with Gasteiger partial charge in [-0.2, -0.15) is 0 Å². The highest BCUT2D eigenvalue weighted by molar-refractivity contribution is 9.10. The van der Waals surface area contributed by atoms with Gasteiger partial charge < -0.3 is 4.74 Å². The number of carbonyl (C=O) groups excluding carboxylic acids is 1. The molecule has 110 valence electrons. The van der Waals surface area contributed by atoms with Gasteiger partial charge in [-0.25, -0.2) is 0 Å². The van der Waals surface area contributed by atoms with E-state index in [9.17, 15) is 4.79 Å². The molecule has 2 rings (SSSR count). The van der Waals surface area contributed by atoms with E-state index in [0.29, 0.717) is 22.8 Å². The molecule has 2 nitrogen and oxygen atoms in total. The number of benzene rings is 2. The summed E-state index contributed by atoms with van der Waals surface area (Å²) in [6, 6.07) is 13.3. The van der Waals surface area contributed by atoms with E-state index < -0.39 is 0 Å². The topological polar surface area (TPSA) is 26.3 Å². The fraction of sp³-hybridized carbons (Fsp3) is 0.278. The SMILES string of the molecule is COc1cc(Br)ccc1C(=O)c1cccc(CC(C)C)c1. The normalized spacial score (nSPS) is 10.7. The summed E-state index contributed by atoms with van der Waals surface area (Å²) < 4.78 is 6.21. The third-order valence-corrected chi connectivity index (χ3v) is 3.73. The minimum absolute atomic E-state index is 0.00930. The van der Waals surface area contributed by atoms with Crippen LogP contribution in [0.15, 0.2) is 46.9 Å². The second kappa shape index (κ2) is 6.90. The van der Waals surface area contributed by atoms with E-state index >= 15 is 0 Å². The van der Waals surface area contributed by atoms with Crippen LogP contribution in [0.2, 0.25) is 0 Å². The molecule has 0 fully saturated rings. The Labute approximate surface area is 134 Å². The Hall–Kier alpha value is -1.61. The summed E-state index contributed by atoms with van der Waals surface area (Å²) in [5.74, 6) is 1.14. The predicted octanol–water partition coefficient (Wildman–Crippen LogP) is 4.89. The summed E-state index contributed by atoms with van der Waals surface area (Å²) in [7, 11) is 1.58. The van der Waals surface area contributed by atoms with Crippen molar-refractivity contribution in [3.63, 3.8) is 0 Å². The van der Waals surface area contributed by atoms with Crippen LogP contribution in [0.1, 0.15) is 35.3 Å². The van der Waals surface area contributed by atoms with E-state index in [1.54, 1.807) is 13.2 Å². The number of hydrogen-bond donors (Lipinski definition) is 0. The summed E-state index contributed by atoms with van der Waals surface area (Å²) in [5.41, 5.74) is 2.48. The second-order valence-electron chi connectivity index (χ2n) is 5.47. The van der Waals surface area contributed by atoms with Gasteiger partial charge in [0.2, 0.25) is 0 Å². The third kappa shape index (κ3) is 3.94. The van der Waals surface area contributed by atoms with Crippen molar-refractivity contribution in [2.45, 2.75) is 20.3 Å². The van der Waals surface area contributed by atoms with Gasteiger partial charge in [0, 0.05) is 10.0 Å². The molecule has 0 atom stereocenters. The van der Waals surface area contributed by atoms with Crippen molar-refractivity contribution in [1.29, 1.82) is 0 Å². The zero-order chi connectivity index (χ0) is 15.4. The maximum absolute atomic E-state index is 12.7. The summed E-state index contributed by atoms with van der Waals surface area (Å²) >= 11 is 3.39. The second-order valence-corrected chi connectivity index (χ2v) is 6.39. The molecule has 0 heterocycles. The fourth-order valence-electron chi connectivity index (χ4n) is 2.32. The molecule has 0 aliphatic heterocycles. The number of ketones is 1. The van der Waals surface area contributed by atoms with Crippen LogP contribution < -0.4 is 4.74 Å². The number of halogens is 1. The molecular weight excluding hydrogens is 328 g/mol. The molecule has 2 aromatic rings. The fourth-order valence-corrected chi connectivity index (χ4v) is 2.66. The van der Waals surface area contributed by atoms with Gasteiger partial charge in [-0.15, -0.1) is 0 Å². The lowest BCUT2D eigenvalue weighted by molar-refractivity contribution is 0.103. The Kier molecular flexibility index (Phi) is 5.18. The van der Waals surface area contributed by atoms with Crippen molar-refractivity contribution in [3.05, 3.63) is 63.6 Å². The predicted molar refractivity (Wildman–Crippen MR) is 89.1 cm³/mol. The quantitative estimate of drug-likeness (QED) is 0.720. The van der Waals surface area contributed by atoms with E-state index in [4.69, 9.17) is 4.74 Å². The monoisotopic (exact) mass is 346 g/mol. The highest BCUT2D eigenvalue weighted by Crippen LogP contribution is 2.26. The van der Waals surface area contributed by atoms with Gasteiger partial charge in [-0.3, -0.25) is 4.79 Å². The molecule has 21 heavy (non-hydrogen) atoms. The van der Waals surface area contributed by atoms with Crippen LogP contribution in [0.3, 0.4) is 0 Å². The lowest BCUT2D eigenvalue weighted by atomic mass is 9.97. The zero-order valence-corrected chi connectivity index (χ0v) is 14.1. The number of ether oxygens (including phenoxy) is 1. The van der Waals surface area contributed by atoms with Gasteiger partial charge in [-0.05, 0) is 42.2 Å². The van der Waals surface area contributed by atoms with Gasteiger partial charge in [0.15, 0.2) is 5.78 Å². The molecule has 0 spiro atoms. The zero-order valence-electron chi connectivity index (χ0n) is 12.5. The lowest BCUT2D eigenvalue weighted by Gasteiger charge is -2.10. The first-order valence-electron chi connectivity index (χ1n) is 6.98. The largest absolute Gasteiger partial charge is 0.496 e. The van der Waals surface area contributed by atoms with Gasteiger partial charge in [0.25, 0.3) is 0 Å². The molecule has 0 unspecified atom stereocenters. The van der Waals surface area contributed by atoms with E-state index in [1.807, 2.05) is 30.3 Å². The van der Waals surface area contributed by atoms with Crippen LogP contribution in [0.25, 0.3) is 0 Å². The van der Waals surface area contributed by atoms with Gasteiger partial charge in [-0.1, -0.05) is 48.0 Å². The van der Waals surface area contributed by atoms with Crippen molar-refractivity contribution in [2.24, 2.45) is 5.92 Å². The Balaban J connectivity index is 2.36. The summed E-state index contributed by atoms with van der Waals surface area (Å²) in [6.07, 6.45) is 0.971. The molecule has 0 N–H and O–H groups in total. The van der Waals surface area contributed by atoms with Crippen LogP contribution in [0, 0.1) is 5.92 Å². The molecule has 0 amide bonds. The van der Waals surface area contributed by atoms with Crippen LogP contribution in [0.4, 0.5) is 0 Å². The van der Waals surface area contributed by atoms with Crippen molar-refractivity contribution in [3.8, 4) is 5.75 Å². The number of carbonyl (C=O) groups is 1. The van der Waals surface area contributed by atoms with Gasteiger partial charge in [0.1, 0.15) is 5.75 Å². The third-order valence-electron chi connectivity index (χ3n) is 3.24. The average molecular weight is 347 g/mol. The first kappa shape index (κ1) is 15.8. The average Bonchev–Trinajstić information content (AvgIpc) is 2.46. The lowest BCUT2D eigenvalue weighted by Crippen LogP contribution is -2.05. The minimum atomic E-state index is -0.00930. The Morgan fingerprint density at radius 3 is 2.62 bits per heavy atom. The Bertz CT molecular complexity index is 647. The molecule has 0 aliphatic carbocycles. The van der Waals surface area contributed by atoms with Crippen molar-refractivity contribution in [2.75, 3.05) is 7.11 Å². The first-order valence-corrected chi connectivity index (χ1v) is 7.77. The van der Waals surface area contributed by atoms with Crippen LogP contribution in [0.5, 0.6) is 5.75 Å². The highest BCUT2D eigenvalue weighted by atomic mass is 79.9. The van der Waals surface area contributed by atoms with E-state index in [1.165, 1.54) is 5.56 Å². The minimum Gasteiger partial charge on any atom is -0.496 e. The van der Waals surface area contributed by atoms with Crippen molar-refractivity contribution >= 4 is 21.7 Å². The molecule has 3 heteroatoms. The van der Waals surface area contributed by atoms with E-state index in [2.05, 4.69) is 35.8 Å². The van der Waals surface area contributed by atoms with Gasteiger partial charge in [0.05, 0.1) is 12.7 Å². The maximum Gasteiger partial charge on any atom is 0.196 e. The Morgan fingerprint density at radius 2 is 1.95 bits per heavy atom. The summed E-state index contributed by atoms with van der Waals surface area (Å²) in [6.45, 7) is 4.35. The maximum atomic E-state index is 12.7. The standard InChI is InChI=1S/C18H19BrO2/c1-12(2)9-13-5-4-6-14(10-13)18(20)16-8-7-15(19)11-17(16)21-3/h4-8,10-12H,9H2,1-3H3. The van der Waals surface area contributed by atoms with Crippen LogP contribution in [-0.2, 0) is 6.42 Å². The molecule has 0 aromatic heterocycles. The van der Waals surface area contributed by atoms with Gasteiger partial charge >= 0.3 is 0 Å².